The summed E-state index contributed by atoms with van der Waals surface area (Å²) in [5.41, 5.74) is 3.29. The molecule has 0 spiro atoms. The van der Waals surface area contributed by atoms with Gasteiger partial charge in [-0.25, -0.2) is 0 Å². The van der Waals surface area contributed by atoms with Crippen LogP contribution in [0.3, 0.4) is 0 Å². The van der Waals surface area contributed by atoms with Crippen molar-refractivity contribution >= 4 is 0 Å². The lowest BCUT2D eigenvalue weighted by atomic mass is 10.1. The number of pyridine rings is 1. The molecular weight excluding hydrogens is 186 g/mol. The third-order valence-corrected chi connectivity index (χ3v) is 2.20. The van der Waals surface area contributed by atoms with E-state index in [1.165, 1.54) is 5.56 Å². The predicted molar refractivity (Wildman–Crippen MR) is 60.4 cm³/mol. The van der Waals surface area contributed by atoms with Crippen molar-refractivity contribution in [1.29, 1.82) is 0 Å². The molecule has 0 unspecified atom stereocenters. The quantitative estimate of drug-likeness (QED) is 0.758. The van der Waals surface area contributed by atoms with Gasteiger partial charge in [-0.1, -0.05) is 24.3 Å². The molecule has 0 radical (unpaired) electrons. The highest BCUT2D eigenvalue weighted by Crippen LogP contribution is 2.17. The van der Waals surface area contributed by atoms with E-state index in [1.54, 1.807) is 13.3 Å². The van der Waals surface area contributed by atoms with E-state index in [1.807, 2.05) is 24.3 Å². The molecule has 2 heteroatoms. The van der Waals surface area contributed by atoms with Gasteiger partial charge in [-0.2, -0.15) is 0 Å². The summed E-state index contributed by atoms with van der Waals surface area (Å²) in [5.74, 6) is 0. The number of ether oxygens (including phenoxy) is 1. The van der Waals surface area contributed by atoms with E-state index in [2.05, 4.69) is 23.2 Å². The molecule has 0 N–H and O–H groups in total. The van der Waals surface area contributed by atoms with Crippen molar-refractivity contribution in [1.82, 2.24) is 4.98 Å². The minimum Gasteiger partial charge on any atom is -0.380 e. The Balaban J connectivity index is 2.33. The number of aromatic nitrogens is 1. The maximum absolute atomic E-state index is 5.10. The second-order valence-electron chi connectivity index (χ2n) is 3.35. The molecule has 1 heterocycles. The molecule has 76 valence electrons. The monoisotopic (exact) mass is 199 g/mol. The fourth-order valence-electron chi connectivity index (χ4n) is 1.52. The second kappa shape index (κ2) is 4.71. The second-order valence-corrected chi connectivity index (χ2v) is 3.35. The van der Waals surface area contributed by atoms with Gasteiger partial charge >= 0.3 is 0 Å². The van der Waals surface area contributed by atoms with Crippen molar-refractivity contribution in [2.45, 2.75) is 6.61 Å². The van der Waals surface area contributed by atoms with Gasteiger partial charge in [0.2, 0.25) is 0 Å². The topological polar surface area (TPSA) is 22.1 Å². The maximum atomic E-state index is 5.10. The third-order valence-electron chi connectivity index (χ3n) is 2.20. The Morgan fingerprint density at radius 2 is 2.07 bits per heavy atom. The Kier molecular flexibility index (Phi) is 3.10. The van der Waals surface area contributed by atoms with E-state index in [9.17, 15) is 0 Å². The largest absolute Gasteiger partial charge is 0.380 e. The van der Waals surface area contributed by atoms with Gasteiger partial charge in [0.25, 0.3) is 0 Å². The van der Waals surface area contributed by atoms with Gasteiger partial charge < -0.3 is 4.74 Å². The fraction of sp³-hybridized carbons (Fsp3) is 0.154. The lowest BCUT2D eigenvalue weighted by molar-refractivity contribution is 0.185. The first-order valence-electron chi connectivity index (χ1n) is 4.89. The van der Waals surface area contributed by atoms with E-state index in [0.717, 1.165) is 11.3 Å². The van der Waals surface area contributed by atoms with Crippen molar-refractivity contribution in [3.8, 4) is 11.3 Å². The molecule has 2 rings (SSSR count). The average molecular weight is 199 g/mol. The van der Waals surface area contributed by atoms with Crippen LogP contribution in [0.25, 0.3) is 11.3 Å². The van der Waals surface area contributed by atoms with Crippen LogP contribution in [0.1, 0.15) is 5.56 Å². The van der Waals surface area contributed by atoms with Crippen LogP contribution < -0.4 is 0 Å². The van der Waals surface area contributed by atoms with Crippen molar-refractivity contribution in [2.24, 2.45) is 0 Å². The van der Waals surface area contributed by atoms with Crippen molar-refractivity contribution in [3.05, 3.63) is 54.2 Å². The van der Waals surface area contributed by atoms with Gasteiger partial charge in [0.05, 0.1) is 12.3 Å². The van der Waals surface area contributed by atoms with Crippen molar-refractivity contribution < 1.29 is 4.74 Å². The van der Waals surface area contributed by atoms with Crippen LogP contribution in [-0.2, 0) is 11.3 Å². The normalized spacial score (nSPS) is 10.2. The molecule has 1 aromatic carbocycles. The number of hydrogen-bond donors (Lipinski definition) is 0. The van der Waals surface area contributed by atoms with Crippen LogP contribution in [0.5, 0.6) is 0 Å². The molecule has 0 fully saturated rings. The molecule has 0 atom stereocenters. The average Bonchev–Trinajstić information content (AvgIpc) is 2.31. The first kappa shape index (κ1) is 9.87. The number of nitrogens with zero attached hydrogens (tertiary/aromatic N) is 1. The van der Waals surface area contributed by atoms with Gasteiger partial charge in [-0.15, -0.1) is 0 Å². The zero-order valence-corrected chi connectivity index (χ0v) is 8.68. The van der Waals surface area contributed by atoms with Crippen LogP contribution in [0.15, 0.2) is 48.7 Å². The number of benzene rings is 1. The zero-order chi connectivity index (χ0) is 10.5. The summed E-state index contributed by atoms with van der Waals surface area (Å²) >= 11 is 0. The lowest BCUT2D eigenvalue weighted by Crippen LogP contribution is -1.88. The summed E-state index contributed by atoms with van der Waals surface area (Å²) < 4.78 is 5.10. The Labute approximate surface area is 89.6 Å². The molecule has 0 aliphatic heterocycles. The Morgan fingerprint density at radius 3 is 2.80 bits per heavy atom. The van der Waals surface area contributed by atoms with E-state index in [4.69, 9.17) is 4.74 Å². The van der Waals surface area contributed by atoms with Gasteiger partial charge in [-0.05, 0) is 23.8 Å². The first-order chi connectivity index (χ1) is 7.40. The fourth-order valence-corrected chi connectivity index (χ4v) is 1.52. The highest BCUT2D eigenvalue weighted by molar-refractivity contribution is 5.59. The van der Waals surface area contributed by atoms with E-state index in [-0.39, 0.29) is 0 Å². The molecule has 2 aromatic rings. The van der Waals surface area contributed by atoms with Gasteiger partial charge in [0, 0.05) is 18.9 Å². The van der Waals surface area contributed by atoms with Gasteiger partial charge in [0.15, 0.2) is 0 Å². The smallest absolute Gasteiger partial charge is 0.0713 e. The molecule has 15 heavy (non-hydrogen) atoms. The van der Waals surface area contributed by atoms with Crippen LogP contribution >= 0.6 is 0 Å². The summed E-state index contributed by atoms with van der Waals surface area (Å²) in [6, 6.07) is 14.2. The molecule has 0 aliphatic carbocycles. The summed E-state index contributed by atoms with van der Waals surface area (Å²) in [4.78, 5) is 4.31. The Hall–Kier alpha value is -1.67. The van der Waals surface area contributed by atoms with E-state index < -0.39 is 0 Å². The minimum absolute atomic E-state index is 0.640. The lowest BCUT2D eigenvalue weighted by Gasteiger charge is -2.03. The molecule has 1 aromatic heterocycles. The molecule has 0 bridgehead atoms. The maximum Gasteiger partial charge on any atom is 0.0713 e. The number of methoxy groups -OCH3 is 1. The third kappa shape index (κ3) is 2.42. The minimum atomic E-state index is 0.640. The highest BCUT2D eigenvalue weighted by Gasteiger charge is 1.99. The molecule has 2 nitrogen and oxygen atoms in total. The predicted octanol–water partition coefficient (Wildman–Crippen LogP) is 2.90. The number of rotatable bonds is 3. The number of hydrogen-bond acceptors (Lipinski definition) is 2. The summed E-state index contributed by atoms with van der Waals surface area (Å²) in [7, 11) is 1.70. The summed E-state index contributed by atoms with van der Waals surface area (Å²) in [5, 5.41) is 0. The van der Waals surface area contributed by atoms with E-state index in [0.29, 0.717) is 6.61 Å². The Morgan fingerprint density at radius 1 is 1.13 bits per heavy atom. The van der Waals surface area contributed by atoms with Gasteiger partial charge in [-0.3, -0.25) is 4.98 Å². The molecule has 0 aliphatic rings. The van der Waals surface area contributed by atoms with Crippen LogP contribution in [0.4, 0.5) is 0 Å². The molecule has 0 saturated heterocycles. The van der Waals surface area contributed by atoms with Crippen LogP contribution in [-0.4, -0.2) is 12.1 Å². The summed E-state index contributed by atoms with van der Waals surface area (Å²) in [6.45, 7) is 0.640. The summed E-state index contributed by atoms with van der Waals surface area (Å²) in [6.07, 6.45) is 1.80. The standard InChI is InChI=1S/C13H13NO/c1-15-10-11-5-4-6-12(9-11)13-7-2-3-8-14-13/h2-9H,10H2,1H3. The van der Waals surface area contributed by atoms with Gasteiger partial charge in [0.1, 0.15) is 0 Å². The molecular formula is C13H13NO. The molecule has 0 saturated carbocycles. The first-order valence-corrected chi connectivity index (χ1v) is 4.89. The zero-order valence-electron chi connectivity index (χ0n) is 8.68. The Bertz CT molecular complexity index is 426. The SMILES string of the molecule is COCc1cccc(-c2ccccn2)c1. The van der Waals surface area contributed by atoms with Crippen LogP contribution in [0.2, 0.25) is 0 Å². The van der Waals surface area contributed by atoms with E-state index >= 15 is 0 Å². The van der Waals surface area contributed by atoms with Crippen LogP contribution in [0, 0.1) is 0 Å². The van der Waals surface area contributed by atoms with Crippen molar-refractivity contribution in [2.75, 3.05) is 7.11 Å². The highest BCUT2D eigenvalue weighted by atomic mass is 16.5. The molecule has 0 amide bonds. The van der Waals surface area contributed by atoms with Crippen molar-refractivity contribution in [3.63, 3.8) is 0 Å².